The number of rotatable bonds is 6. The van der Waals surface area contributed by atoms with Crippen molar-refractivity contribution < 1.29 is 27.8 Å². The second-order valence-electron chi connectivity index (χ2n) is 6.41. The number of carbonyl (C=O) groups is 1. The van der Waals surface area contributed by atoms with Gasteiger partial charge in [-0.1, -0.05) is 0 Å². The Labute approximate surface area is 165 Å². The maximum atomic E-state index is 12.4. The first-order valence-corrected chi connectivity index (χ1v) is 8.88. The molecule has 0 bridgehead atoms. The lowest BCUT2D eigenvalue weighted by Gasteiger charge is -2.08. The molecule has 29 heavy (non-hydrogen) atoms. The highest BCUT2D eigenvalue weighted by atomic mass is 16.5. The van der Waals surface area contributed by atoms with Gasteiger partial charge >= 0.3 is 11.6 Å². The average Bonchev–Trinajstić information content (AvgIpc) is 3.13. The van der Waals surface area contributed by atoms with Gasteiger partial charge < -0.3 is 23.0 Å². The number of fused-ring (bicyclic) bond motifs is 2. The van der Waals surface area contributed by atoms with Crippen LogP contribution in [-0.2, 0) is 22.6 Å². The molecule has 2 aromatic carbocycles. The van der Waals surface area contributed by atoms with Crippen LogP contribution >= 0.6 is 0 Å². The van der Waals surface area contributed by atoms with Crippen molar-refractivity contribution >= 4 is 27.9 Å². The van der Waals surface area contributed by atoms with Crippen LogP contribution in [0.5, 0.6) is 11.5 Å². The second-order valence-corrected chi connectivity index (χ2v) is 6.41. The van der Waals surface area contributed by atoms with Gasteiger partial charge in [0.25, 0.3) is 0 Å². The molecule has 0 aliphatic carbocycles. The Morgan fingerprint density at radius 3 is 2.24 bits per heavy atom. The minimum absolute atomic E-state index is 0.0448. The molecule has 0 saturated carbocycles. The number of ether oxygens (including phenoxy) is 3. The third-order valence-corrected chi connectivity index (χ3v) is 4.62. The van der Waals surface area contributed by atoms with Crippen molar-refractivity contribution in [2.24, 2.45) is 0 Å². The molecule has 0 N–H and O–H groups in total. The molecule has 0 unspecified atom stereocenters. The molecule has 148 valence electrons. The predicted molar refractivity (Wildman–Crippen MR) is 105 cm³/mol. The van der Waals surface area contributed by atoms with E-state index < -0.39 is 11.6 Å². The van der Waals surface area contributed by atoms with E-state index in [1.165, 1.54) is 19.4 Å². The fourth-order valence-electron chi connectivity index (χ4n) is 3.15. The maximum Gasteiger partial charge on any atom is 0.336 e. The minimum Gasteiger partial charge on any atom is -0.497 e. The van der Waals surface area contributed by atoms with Crippen LogP contribution in [-0.4, -0.2) is 20.2 Å². The number of methoxy groups -OCH3 is 2. The molecule has 4 aromatic rings. The third-order valence-electron chi connectivity index (χ3n) is 4.62. The quantitative estimate of drug-likeness (QED) is 0.363. The number of hydrogen-bond acceptors (Lipinski definition) is 7. The first-order chi connectivity index (χ1) is 14.1. The number of esters is 1. The second kappa shape index (κ2) is 7.71. The van der Waals surface area contributed by atoms with Crippen molar-refractivity contribution in [2.75, 3.05) is 14.2 Å². The molecule has 0 saturated heterocycles. The summed E-state index contributed by atoms with van der Waals surface area (Å²) in [6.45, 7) is -0.0448. The van der Waals surface area contributed by atoms with Crippen LogP contribution in [0.2, 0.25) is 0 Å². The summed E-state index contributed by atoms with van der Waals surface area (Å²) in [4.78, 5) is 24.2. The Balaban J connectivity index is 1.51. The van der Waals surface area contributed by atoms with E-state index >= 15 is 0 Å². The zero-order valence-corrected chi connectivity index (χ0v) is 15.9. The highest BCUT2D eigenvalue weighted by Crippen LogP contribution is 2.26. The van der Waals surface area contributed by atoms with E-state index in [0.717, 1.165) is 10.9 Å². The largest absolute Gasteiger partial charge is 0.497 e. The molecule has 2 aromatic heterocycles. The molecular formula is C22H18O7. The van der Waals surface area contributed by atoms with Crippen LogP contribution in [0.25, 0.3) is 21.9 Å². The zero-order valence-electron chi connectivity index (χ0n) is 15.9. The molecule has 7 heteroatoms. The summed E-state index contributed by atoms with van der Waals surface area (Å²) in [5.41, 5.74) is 1.76. The Morgan fingerprint density at radius 2 is 1.55 bits per heavy atom. The summed E-state index contributed by atoms with van der Waals surface area (Å²) in [5, 5.41) is 1.50. The highest BCUT2D eigenvalue weighted by Gasteiger charge is 2.14. The normalized spacial score (nSPS) is 11.0. The van der Waals surface area contributed by atoms with Crippen LogP contribution in [0.1, 0.15) is 11.1 Å². The topological polar surface area (TPSA) is 88.1 Å². The molecule has 0 aliphatic heterocycles. The molecule has 0 radical (unpaired) electrons. The summed E-state index contributed by atoms with van der Waals surface area (Å²) in [7, 11) is 3.10. The molecule has 0 atom stereocenters. The van der Waals surface area contributed by atoms with Gasteiger partial charge in [0.05, 0.1) is 26.9 Å². The van der Waals surface area contributed by atoms with Gasteiger partial charge in [-0.05, 0) is 24.3 Å². The van der Waals surface area contributed by atoms with Gasteiger partial charge in [-0.2, -0.15) is 0 Å². The van der Waals surface area contributed by atoms with E-state index in [0.29, 0.717) is 33.6 Å². The van der Waals surface area contributed by atoms with Crippen molar-refractivity contribution in [3.8, 4) is 11.5 Å². The van der Waals surface area contributed by atoms with Gasteiger partial charge in [0.2, 0.25) is 0 Å². The van der Waals surface area contributed by atoms with Gasteiger partial charge in [0.15, 0.2) is 0 Å². The lowest BCUT2D eigenvalue weighted by atomic mass is 10.1. The Hall–Kier alpha value is -3.74. The number of furan rings is 1. The smallest absolute Gasteiger partial charge is 0.336 e. The number of benzene rings is 2. The van der Waals surface area contributed by atoms with E-state index in [2.05, 4.69) is 0 Å². The molecular weight excluding hydrogens is 376 g/mol. The average molecular weight is 394 g/mol. The monoisotopic (exact) mass is 394 g/mol. The van der Waals surface area contributed by atoms with Crippen LogP contribution in [0.15, 0.2) is 62.4 Å². The van der Waals surface area contributed by atoms with Crippen molar-refractivity contribution in [3.05, 3.63) is 70.3 Å². The SMILES string of the molecule is COc1ccc2c(CC(=O)OCc3cc(=O)oc4cc(OC)ccc34)coc2c1. The van der Waals surface area contributed by atoms with E-state index in [9.17, 15) is 9.59 Å². The van der Waals surface area contributed by atoms with Crippen LogP contribution < -0.4 is 15.1 Å². The molecule has 0 fully saturated rings. The number of hydrogen-bond donors (Lipinski definition) is 0. The van der Waals surface area contributed by atoms with Crippen LogP contribution in [0.4, 0.5) is 0 Å². The van der Waals surface area contributed by atoms with E-state index in [1.807, 2.05) is 6.07 Å². The lowest BCUT2D eigenvalue weighted by molar-refractivity contribution is -0.144. The van der Waals surface area contributed by atoms with Gasteiger partial charge in [0.1, 0.15) is 29.3 Å². The van der Waals surface area contributed by atoms with Gasteiger partial charge in [-0.15, -0.1) is 0 Å². The van der Waals surface area contributed by atoms with Gasteiger partial charge in [-0.3, -0.25) is 4.79 Å². The predicted octanol–water partition coefficient (Wildman–Crippen LogP) is 3.84. The standard InChI is InChI=1S/C22H18O7/c1-25-15-3-5-17-13(11-27-19(17)9-15)7-21(23)28-12-14-8-22(24)29-20-10-16(26-2)4-6-18(14)20/h3-6,8-11H,7,12H2,1-2H3. The lowest BCUT2D eigenvalue weighted by Crippen LogP contribution is -2.09. The molecule has 2 heterocycles. The van der Waals surface area contributed by atoms with Crippen LogP contribution in [0, 0.1) is 0 Å². The molecule has 0 amide bonds. The summed E-state index contributed by atoms with van der Waals surface area (Å²) < 4.78 is 26.4. The Kier molecular flexibility index (Phi) is 4.95. The van der Waals surface area contributed by atoms with E-state index in [1.54, 1.807) is 37.4 Å². The first-order valence-electron chi connectivity index (χ1n) is 8.88. The van der Waals surface area contributed by atoms with Gasteiger partial charge in [0, 0.05) is 40.1 Å². The fraction of sp³-hybridized carbons (Fsp3) is 0.182. The summed E-state index contributed by atoms with van der Waals surface area (Å²) in [6.07, 6.45) is 1.58. The molecule has 0 aliphatic rings. The van der Waals surface area contributed by atoms with Crippen molar-refractivity contribution in [1.82, 2.24) is 0 Å². The highest BCUT2D eigenvalue weighted by molar-refractivity contribution is 5.87. The van der Waals surface area contributed by atoms with Crippen molar-refractivity contribution in [2.45, 2.75) is 13.0 Å². The summed E-state index contributed by atoms with van der Waals surface area (Å²) in [6, 6.07) is 11.8. The zero-order chi connectivity index (χ0) is 20.4. The van der Waals surface area contributed by atoms with Crippen molar-refractivity contribution in [3.63, 3.8) is 0 Å². The number of carbonyl (C=O) groups excluding carboxylic acids is 1. The van der Waals surface area contributed by atoms with Gasteiger partial charge in [-0.25, -0.2) is 4.79 Å². The summed E-state index contributed by atoms with van der Waals surface area (Å²) >= 11 is 0. The molecule has 4 rings (SSSR count). The molecule has 0 spiro atoms. The first kappa shape index (κ1) is 18.6. The minimum atomic E-state index is -0.522. The molecule has 7 nitrogen and oxygen atoms in total. The third kappa shape index (κ3) is 3.80. The summed E-state index contributed by atoms with van der Waals surface area (Å²) in [5.74, 6) is 0.809. The maximum absolute atomic E-state index is 12.4. The van der Waals surface area contributed by atoms with Crippen molar-refractivity contribution in [1.29, 1.82) is 0 Å². The van der Waals surface area contributed by atoms with E-state index in [4.69, 9.17) is 23.0 Å². The Bertz CT molecular complexity index is 1250. The Morgan fingerprint density at radius 1 is 0.897 bits per heavy atom. The van der Waals surface area contributed by atoms with Crippen LogP contribution in [0.3, 0.4) is 0 Å². The van der Waals surface area contributed by atoms with E-state index in [-0.39, 0.29) is 13.0 Å². The fourth-order valence-corrected chi connectivity index (χ4v) is 3.15.